The number of aryl methyl sites for hydroxylation is 1. The molecule has 0 aliphatic rings. The number of methoxy groups -OCH3 is 1. The second-order valence-corrected chi connectivity index (χ2v) is 6.11. The Balaban J connectivity index is 2.07. The summed E-state index contributed by atoms with van der Waals surface area (Å²) in [6.45, 7) is 5.45. The first kappa shape index (κ1) is 18.9. The van der Waals surface area contributed by atoms with Crippen LogP contribution in [-0.2, 0) is 17.8 Å². The van der Waals surface area contributed by atoms with Crippen LogP contribution in [0.4, 0.5) is 10.1 Å². The molecule has 1 amide bonds. The molecule has 7 heteroatoms. The standard InChI is InChI=1S/C18H25FN4O2/c1-12-15(13(2)23(21-12)8-9-25-5)11-20-18(24)14-6-7-17(22(3)4)16(19)10-14/h6-7,10H,8-9,11H2,1-5H3,(H,20,24). The minimum Gasteiger partial charge on any atom is -0.383 e. The quantitative estimate of drug-likeness (QED) is 0.834. The fraction of sp³-hybridized carbons (Fsp3) is 0.444. The van der Waals surface area contributed by atoms with Crippen molar-refractivity contribution in [1.29, 1.82) is 0 Å². The molecule has 2 aromatic rings. The number of aromatic nitrogens is 2. The third kappa shape index (κ3) is 4.36. The van der Waals surface area contributed by atoms with Gasteiger partial charge in [0.25, 0.3) is 5.91 Å². The van der Waals surface area contributed by atoms with Crippen molar-refractivity contribution in [2.75, 3.05) is 32.7 Å². The molecule has 0 atom stereocenters. The van der Waals surface area contributed by atoms with E-state index in [2.05, 4.69) is 10.4 Å². The van der Waals surface area contributed by atoms with E-state index in [-0.39, 0.29) is 5.91 Å². The fourth-order valence-electron chi connectivity index (χ4n) is 2.67. The summed E-state index contributed by atoms with van der Waals surface area (Å²) in [6.07, 6.45) is 0. The Hall–Kier alpha value is -2.41. The molecule has 1 aromatic heterocycles. The van der Waals surface area contributed by atoms with Crippen LogP contribution >= 0.6 is 0 Å². The topological polar surface area (TPSA) is 59.4 Å². The van der Waals surface area contributed by atoms with Crippen molar-refractivity contribution in [2.24, 2.45) is 0 Å². The van der Waals surface area contributed by atoms with Gasteiger partial charge in [0.15, 0.2) is 0 Å². The minimum atomic E-state index is -0.419. The number of nitrogens with zero attached hydrogens (tertiary/aromatic N) is 3. The molecule has 1 heterocycles. The molecule has 0 bridgehead atoms. The van der Waals surface area contributed by atoms with E-state index in [4.69, 9.17) is 4.74 Å². The van der Waals surface area contributed by atoms with Crippen LogP contribution in [0, 0.1) is 19.7 Å². The van der Waals surface area contributed by atoms with Gasteiger partial charge in [-0.25, -0.2) is 4.39 Å². The summed E-state index contributed by atoms with van der Waals surface area (Å²) in [7, 11) is 5.16. The second kappa shape index (κ2) is 8.11. The second-order valence-electron chi connectivity index (χ2n) is 6.11. The summed E-state index contributed by atoms with van der Waals surface area (Å²) in [5.41, 5.74) is 3.56. The molecule has 0 aliphatic carbocycles. The lowest BCUT2D eigenvalue weighted by molar-refractivity contribution is 0.0950. The number of hydrogen-bond acceptors (Lipinski definition) is 4. The Morgan fingerprint density at radius 2 is 2.08 bits per heavy atom. The van der Waals surface area contributed by atoms with Gasteiger partial charge in [-0.05, 0) is 32.0 Å². The van der Waals surface area contributed by atoms with Gasteiger partial charge < -0.3 is 15.0 Å². The summed E-state index contributed by atoms with van der Waals surface area (Å²) in [4.78, 5) is 14.0. The Morgan fingerprint density at radius 3 is 2.68 bits per heavy atom. The predicted molar refractivity (Wildman–Crippen MR) is 95.5 cm³/mol. The molecule has 0 aliphatic heterocycles. The lowest BCUT2D eigenvalue weighted by atomic mass is 10.1. The van der Waals surface area contributed by atoms with Crippen molar-refractivity contribution in [2.45, 2.75) is 26.9 Å². The highest BCUT2D eigenvalue weighted by Gasteiger charge is 2.14. The number of carbonyl (C=O) groups excluding carboxylic acids is 1. The van der Waals surface area contributed by atoms with Crippen LogP contribution in [0.2, 0.25) is 0 Å². The number of benzene rings is 1. The van der Waals surface area contributed by atoms with Gasteiger partial charge in [-0.3, -0.25) is 9.48 Å². The molecule has 1 N–H and O–H groups in total. The monoisotopic (exact) mass is 348 g/mol. The van der Waals surface area contributed by atoms with Gasteiger partial charge in [-0.1, -0.05) is 0 Å². The summed E-state index contributed by atoms with van der Waals surface area (Å²) in [5.74, 6) is -0.731. The molecular formula is C18H25FN4O2. The fourth-order valence-corrected chi connectivity index (χ4v) is 2.67. The van der Waals surface area contributed by atoms with Crippen LogP contribution in [0.25, 0.3) is 0 Å². The SMILES string of the molecule is COCCn1nc(C)c(CNC(=O)c2ccc(N(C)C)c(F)c2)c1C. The van der Waals surface area contributed by atoms with Gasteiger partial charge in [0.1, 0.15) is 5.82 Å². The Kier molecular flexibility index (Phi) is 6.14. The van der Waals surface area contributed by atoms with Crippen molar-refractivity contribution >= 4 is 11.6 Å². The Labute approximate surface area is 147 Å². The lowest BCUT2D eigenvalue weighted by Crippen LogP contribution is -2.24. The molecule has 1 aromatic carbocycles. The van der Waals surface area contributed by atoms with E-state index in [1.54, 1.807) is 38.2 Å². The molecule has 0 saturated carbocycles. The van der Waals surface area contributed by atoms with Crippen molar-refractivity contribution in [3.05, 3.63) is 46.5 Å². The van der Waals surface area contributed by atoms with Crippen molar-refractivity contribution < 1.29 is 13.9 Å². The highest BCUT2D eigenvalue weighted by Crippen LogP contribution is 2.18. The maximum atomic E-state index is 14.0. The summed E-state index contributed by atoms with van der Waals surface area (Å²) in [5, 5.41) is 7.30. The first-order chi connectivity index (χ1) is 11.8. The molecule has 0 radical (unpaired) electrons. The maximum absolute atomic E-state index is 14.0. The van der Waals surface area contributed by atoms with E-state index in [0.29, 0.717) is 30.9 Å². The van der Waals surface area contributed by atoms with Crippen LogP contribution in [0.15, 0.2) is 18.2 Å². The molecular weight excluding hydrogens is 323 g/mol. The zero-order chi connectivity index (χ0) is 18.6. The first-order valence-electron chi connectivity index (χ1n) is 8.12. The highest BCUT2D eigenvalue weighted by atomic mass is 19.1. The van der Waals surface area contributed by atoms with Gasteiger partial charge in [0.2, 0.25) is 0 Å². The average molecular weight is 348 g/mol. The smallest absolute Gasteiger partial charge is 0.251 e. The van der Waals surface area contributed by atoms with Crippen LogP contribution in [0.5, 0.6) is 0 Å². The highest BCUT2D eigenvalue weighted by molar-refractivity contribution is 5.94. The van der Waals surface area contributed by atoms with E-state index in [0.717, 1.165) is 17.0 Å². The number of amides is 1. The zero-order valence-electron chi connectivity index (χ0n) is 15.4. The number of ether oxygens (including phenoxy) is 1. The largest absolute Gasteiger partial charge is 0.383 e. The number of carbonyl (C=O) groups is 1. The van der Waals surface area contributed by atoms with Crippen LogP contribution in [0.3, 0.4) is 0 Å². The van der Waals surface area contributed by atoms with Gasteiger partial charge in [0.05, 0.1) is 24.5 Å². The van der Waals surface area contributed by atoms with Crippen LogP contribution < -0.4 is 10.2 Å². The molecule has 0 saturated heterocycles. The molecule has 2 rings (SSSR count). The van der Waals surface area contributed by atoms with E-state index in [9.17, 15) is 9.18 Å². The Morgan fingerprint density at radius 1 is 1.36 bits per heavy atom. The van der Waals surface area contributed by atoms with Crippen molar-refractivity contribution in [3.8, 4) is 0 Å². The summed E-state index contributed by atoms with van der Waals surface area (Å²) < 4.78 is 21.0. The third-order valence-electron chi connectivity index (χ3n) is 4.16. The lowest BCUT2D eigenvalue weighted by Gasteiger charge is -2.14. The number of anilines is 1. The van der Waals surface area contributed by atoms with Gasteiger partial charge in [0, 0.05) is 44.6 Å². The average Bonchev–Trinajstić information content (AvgIpc) is 2.84. The first-order valence-corrected chi connectivity index (χ1v) is 8.12. The van der Waals surface area contributed by atoms with Gasteiger partial charge in [-0.15, -0.1) is 0 Å². The maximum Gasteiger partial charge on any atom is 0.251 e. The number of hydrogen-bond donors (Lipinski definition) is 1. The zero-order valence-corrected chi connectivity index (χ0v) is 15.4. The van der Waals surface area contributed by atoms with E-state index in [1.165, 1.54) is 6.07 Å². The Bertz CT molecular complexity index is 756. The molecule has 0 fully saturated rings. The minimum absolute atomic E-state index is 0.296. The number of halogens is 1. The van der Waals surface area contributed by atoms with Crippen LogP contribution in [-0.4, -0.2) is 43.5 Å². The predicted octanol–water partition coefficient (Wildman–Crippen LogP) is 2.28. The molecule has 0 spiro atoms. The third-order valence-corrected chi connectivity index (χ3v) is 4.16. The number of nitrogens with one attached hydrogen (secondary N) is 1. The molecule has 6 nitrogen and oxygen atoms in total. The van der Waals surface area contributed by atoms with Gasteiger partial charge >= 0.3 is 0 Å². The molecule has 0 unspecified atom stereocenters. The molecule has 136 valence electrons. The van der Waals surface area contributed by atoms with Crippen molar-refractivity contribution in [1.82, 2.24) is 15.1 Å². The summed E-state index contributed by atoms with van der Waals surface area (Å²) >= 11 is 0. The normalized spacial score (nSPS) is 10.8. The van der Waals surface area contributed by atoms with Gasteiger partial charge in [-0.2, -0.15) is 5.10 Å². The van der Waals surface area contributed by atoms with E-state index < -0.39 is 5.82 Å². The van der Waals surface area contributed by atoms with Crippen LogP contribution in [0.1, 0.15) is 27.3 Å². The van der Waals surface area contributed by atoms with Crippen molar-refractivity contribution in [3.63, 3.8) is 0 Å². The summed E-state index contributed by atoms with van der Waals surface area (Å²) in [6, 6.07) is 4.48. The van der Waals surface area contributed by atoms with E-state index >= 15 is 0 Å². The van der Waals surface area contributed by atoms with E-state index in [1.807, 2.05) is 18.5 Å². The molecule has 25 heavy (non-hydrogen) atoms. The number of rotatable bonds is 7.